The van der Waals surface area contributed by atoms with E-state index in [1.54, 1.807) is 0 Å². The number of aromatic nitrogens is 2. The van der Waals surface area contributed by atoms with Gasteiger partial charge in [0.1, 0.15) is 0 Å². The van der Waals surface area contributed by atoms with Crippen molar-refractivity contribution in [1.29, 1.82) is 0 Å². The predicted octanol–water partition coefficient (Wildman–Crippen LogP) is 5.57. The first kappa shape index (κ1) is 22.9. The van der Waals surface area contributed by atoms with Crippen LogP contribution >= 0.6 is 0 Å². The Balaban J connectivity index is 1.22. The van der Waals surface area contributed by atoms with Gasteiger partial charge in [-0.2, -0.15) is 10.2 Å². The minimum atomic E-state index is -0.0644. The molecular weight excluding hydrogens is 396 g/mol. The number of piperidine rings is 1. The van der Waals surface area contributed by atoms with E-state index in [4.69, 9.17) is 0 Å². The van der Waals surface area contributed by atoms with Gasteiger partial charge in [-0.15, -0.1) is 0 Å². The van der Waals surface area contributed by atoms with Gasteiger partial charge in [-0.1, -0.05) is 32.9 Å². The molecule has 172 valence electrons. The van der Waals surface area contributed by atoms with E-state index in [0.29, 0.717) is 10.8 Å². The van der Waals surface area contributed by atoms with Gasteiger partial charge in [-0.25, -0.2) is 0 Å². The molecule has 1 atom stereocenters. The van der Waals surface area contributed by atoms with Crippen molar-refractivity contribution in [3.05, 3.63) is 42.1 Å². The molecule has 1 N–H and O–H groups in total. The van der Waals surface area contributed by atoms with Crippen molar-refractivity contribution in [3.63, 3.8) is 0 Å². The Hall–Kier alpha value is -2.27. The molecule has 1 aromatic carbocycles. The van der Waals surface area contributed by atoms with Crippen molar-refractivity contribution in [1.82, 2.24) is 15.1 Å². The number of carbonyl (C=O) groups excluding carboxylic acids is 1. The van der Waals surface area contributed by atoms with E-state index >= 15 is 0 Å². The van der Waals surface area contributed by atoms with E-state index in [9.17, 15) is 4.79 Å². The van der Waals surface area contributed by atoms with E-state index in [0.717, 1.165) is 35.0 Å². The molecule has 2 fully saturated rings. The minimum Gasteiger partial charge on any atom is -0.326 e. The molecule has 0 radical (unpaired) electrons. The molecule has 1 unspecified atom stereocenters. The Morgan fingerprint density at radius 3 is 2.41 bits per heavy atom. The maximum Gasteiger partial charge on any atom is 0.221 e. The second kappa shape index (κ2) is 9.30. The summed E-state index contributed by atoms with van der Waals surface area (Å²) >= 11 is 0. The second-order valence-corrected chi connectivity index (χ2v) is 11.1. The first-order valence-corrected chi connectivity index (χ1v) is 12.2. The molecule has 2 aliphatic rings. The zero-order valence-corrected chi connectivity index (χ0v) is 20.2. The van der Waals surface area contributed by atoms with Crippen LogP contribution < -0.4 is 5.32 Å². The number of aryl methyl sites for hydroxylation is 1. The lowest BCUT2D eigenvalue weighted by molar-refractivity contribution is -0.114. The van der Waals surface area contributed by atoms with Crippen LogP contribution in [0.25, 0.3) is 11.3 Å². The Kier molecular flexibility index (Phi) is 6.66. The van der Waals surface area contributed by atoms with E-state index in [1.165, 1.54) is 58.7 Å². The molecule has 2 heterocycles. The summed E-state index contributed by atoms with van der Waals surface area (Å²) in [4.78, 5) is 13.8. The number of carbonyl (C=O) groups is 1. The Morgan fingerprint density at radius 1 is 1.09 bits per heavy atom. The van der Waals surface area contributed by atoms with Gasteiger partial charge in [0.2, 0.25) is 5.91 Å². The SMILES string of the molecule is CC(=O)Nc1ccc(-c2ccc(CCC3CC34CCN(CCC(C)(C)C)CC4)nn2)cc1. The molecule has 1 aromatic heterocycles. The first-order valence-electron chi connectivity index (χ1n) is 12.2. The number of anilines is 1. The zero-order valence-electron chi connectivity index (χ0n) is 20.2. The quantitative estimate of drug-likeness (QED) is 0.619. The van der Waals surface area contributed by atoms with Crippen LogP contribution in [0.15, 0.2) is 36.4 Å². The molecule has 0 bridgehead atoms. The van der Waals surface area contributed by atoms with Crippen molar-refractivity contribution in [2.45, 2.75) is 66.2 Å². The third kappa shape index (κ3) is 5.94. The van der Waals surface area contributed by atoms with Gasteiger partial charge in [0.05, 0.1) is 11.4 Å². The summed E-state index contributed by atoms with van der Waals surface area (Å²) in [5.41, 5.74) is 4.83. The molecule has 4 rings (SSSR count). The number of nitrogens with zero attached hydrogens (tertiary/aromatic N) is 3. The van der Waals surface area contributed by atoms with E-state index < -0.39 is 0 Å². The third-order valence-electron chi connectivity index (χ3n) is 7.36. The average Bonchev–Trinajstić information content (AvgIpc) is 3.43. The minimum absolute atomic E-state index is 0.0644. The molecule has 1 saturated heterocycles. The highest BCUT2D eigenvalue weighted by atomic mass is 16.1. The number of benzene rings is 1. The van der Waals surface area contributed by atoms with Crippen LogP contribution in [0.1, 0.15) is 65.5 Å². The van der Waals surface area contributed by atoms with Gasteiger partial charge in [-0.3, -0.25) is 4.79 Å². The maximum absolute atomic E-state index is 11.2. The summed E-state index contributed by atoms with van der Waals surface area (Å²) in [5, 5.41) is 11.7. The summed E-state index contributed by atoms with van der Waals surface area (Å²) in [7, 11) is 0. The van der Waals surface area contributed by atoms with Crippen molar-refractivity contribution >= 4 is 11.6 Å². The standard InChI is InChI=1S/C27H38N4O/c1-20(32)28-23-8-5-21(6-9-23)25-12-11-24(29-30-25)10-7-22-19-27(22)14-17-31(18-15-27)16-13-26(2,3)4/h5-6,8-9,11-12,22H,7,10,13-19H2,1-4H3,(H,28,32). The smallest absolute Gasteiger partial charge is 0.221 e. The number of hydrogen-bond donors (Lipinski definition) is 1. The summed E-state index contributed by atoms with van der Waals surface area (Å²) in [6.45, 7) is 12.3. The van der Waals surface area contributed by atoms with Gasteiger partial charge >= 0.3 is 0 Å². The Labute approximate surface area is 193 Å². The Morgan fingerprint density at radius 2 is 1.81 bits per heavy atom. The largest absolute Gasteiger partial charge is 0.326 e. The van der Waals surface area contributed by atoms with E-state index in [-0.39, 0.29) is 5.91 Å². The fourth-order valence-corrected chi connectivity index (χ4v) is 5.06. The summed E-state index contributed by atoms with van der Waals surface area (Å²) in [5.74, 6) is 0.806. The van der Waals surface area contributed by atoms with Crippen molar-refractivity contribution < 1.29 is 4.79 Å². The molecule has 1 aliphatic heterocycles. The zero-order chi connectivity index (χ0) is 22.8. The van der Waals surface area contributed by atoms with Crippen molar-refractivity contribution in [2.24, 2.45) is 16.7 Å². The summed E-state index contributed by atoms with van der Waals surface area (Å²) < 4.78 is 0. The molecule has 1 amide bonds. The monoisotopic (exact) mass is 434 g/mol. The normalized spacial score (nSPS) is 20.3. The third-order valence-corrected chi connectivity index (χ3v) is 7.36. The second-order valence-electron chi connectivity index (χ2n) is 11.1. The molecule has 1 saturated carbocycles. The predicted molar refractivity (Wildman–Crippen MR) is 130 cm³/mol. The van der Waals surface area contributed by atoms with Crippen LogP contribution in [-0.2, 0) is 11.2 Å². The lowest BCUT2D eigenvalue weighted by atomic mass is 9.88. The average molecular weight is 435 g/mol. The van der Waals surface area contributed by atoms with Gasteiger partial charge in [0, 0.05) is 18.2 Å². The summed E-state index contributed by atoms with van der Waals surface area (Å²) in [6, 6.07) is 11.9. The van der Waals surface area contributed by atoms with Gasteiger partial charge in [0.15, 0.2) is 0 Å². The molecule has 1 spiro atoms. The van der Waals surface area contributed by atoms with Gasteiger partial charge in [-0.05, 0) is 99.2 Å². The first-order chi connectivity index (χ1) is 15.2. The van der Waals surface area contributed by atoms with E-state index in [1.807, 2.05) is 24.3 Å². The van der Waals surface area contributed by atoms with Crippen LogP contribution in [0, 0.1) is 16.7 Å². The number of nitrogens with one attached hydrogen (secondary N) is 1. The maximum atomic E-state index is 11.2. The molecule has 1 aliphatic carbocycles. The highest BCUT2D eigenvalue weighted by molar-refractivity contribution is 5.88. The number of amides is 1. The van der Waals surface area contributed by atoms with Crippen LogP contribution in [0.3, 0.4) is 0 Å². The topological polar surface area (TPSA) is 58.1 Å². The molecule has 5 heteroatoms. The van der Waals surface area contributed by atoms with Crippen molar-refractivity contribution in [3.8, 4) is 11.3 Å². The van der Waals surface area contributed by atoms with Crippen LogP contribution in [0.2, 0.25) is 0 Å². The lowest BCUT2D eigenvalue weighted by Gasteiger charge is -2.34. The molecule has 2 aromatic rings. The van der Waals surface area contributed by atoms with Crippen molar-refractivity contribution in [2.75, 3.05) is 25.0 Å². The van der Waals surface area contributed by atoms with Gasteiger partial charge < -0.3 is 10.2 Å². The fraction of sp³-hybridized carbons (Fsp3) is 0.593. The number of likely N-dealkylation sites (tertiary alicyclic amines) is 1. The molecular formula is C27H38N4O. The lowest BCUT2D eigenvalue weighted by Crippen LogP contribution is -2.37. The number of rotatable bonds is 7. The van der Waals surface area contributed by atoms with Crippen LogP contribution in [0.4, 0.5) is 5.69 Å². The highest BCUT2D eigenvalue weighted by Gasteiger charge is 2.53. The highest BCUT2D eigenvalue weighted by Crippen LogP contribution is 2.61. The van der Waals surface area contributed by atoms with E-state index in [2.05, 4.69) is 53.3 Å². The number of hydrogen-bond acceptors (Lipinski definition) is 4. The summed E-state index contributed by atoms with van der Waals surface area (Å²) in [6.07, 6.45) is 7.71. The van der Waals surface area contributed by atoms with Crippen LogP contribution in [-0.4, -0.2) is 40.6 Å². The van der Waals surface area contributed by atoms with Gasteiger partial charge in [0.25, 0.3) is 0 Å². The fourth-order valence-electron chi connectivity index (χ4n) is 5.06. The Bertz CT molecular complexity index is 906. The molecule has 5 nitrogen and oxygen atoms in total. The molecule has 32 heavy (non-hydrogen) atoms. The van der Waals surface area contributed by atoms with Crippen LogP contribution in [0.5, 0.6) is 0 Å².